The Morgan fingerprint density at radius 2 is 1.71 bits per heavy atom. The predicted octanol–water partition coefficient (Wildman–Crippen LogP) is 2.37. The van der Waals surface area contributed by atoms with Crippen LogP contribution in [0.25, 0.3) is 0 Å². The molecule has 1 atom stereocenters. The van der Waals surface area contributed by atoms with Gasteiger partial charge in [-0.15, -0.1) is 0 Å². The lowest BCUT2D eigenvalue weighted by Crippen LogP contribution is -2.49. The van der Waals surface area contributed by atoms with E-state index in [1.54, 1.807) is 62.6 Å². The van der Waals surface area contributed by atoms with Crippen molar-refractivity contribution in [3.8, 4) is 11.5 Å². The number of carbonyl (C=O) groups excluding carboxylic acids is 2. The first-order valence-corrected chi connectivity index (χ1v) is 8.81. The second kappa shape index (κ2) is 7.73. The second-order valence-electron chi connectivity index (χ2n) is 6.23. The fourth-order valence-corrected chi connectivity index (χ4v) is 3.04. The standard InChI is InChI=1S/C19H20N4O4S/c1-19(12-6-4-8-14(10-12)26-2)16(24)23(18(25)21-19)22-17(28)20-13-7-5-9-15(11-13)27-3/h4-11H,1-3H3,(H,21,25)(H2,20,22,28). The number of hydrogen-bond acceptors (Lipinski definition) is 5. The van der Waals surface area contributed by atoms with E-state index in [0.717, 1.165) is 5.01 Å². The maximum absolute atomic E-state index is 13.0. The first kappa shape index (κ1) is 19.4. The Kier molecular flexibility index (Phi) is 5.36. The Balaban J connectivity index is 1.75. The van der Waals surface area contributed by atoms with Crippen molar-refractivity contribution in [2.45, 2.75) is 12.5 Å². The SMILES string of the molecule is COc1cccc(NC(=S)NN2C(=O)NC(C)(c3cccc(OC)c3)C2=O)c1. The molecule has 2 aromatic rings. The smallest absolute Gasteiger partial charge is 0.344 e. The Hall–Kier alpha value is -3.33. The van der Waals surface area contributed by atoms with Gasteiger partial charge in [0.05, 0.1) is 14.2 Å². The zero-order valence-corrected chi connectivity index (χ0v) is 16.4. The topological polar surface area (TPSA) is 91.9 Å². The quantitative estimate of drug-likeness (QED) is 0.524. The molecule has 1 fully saturated rings. The number of rotatable bonds is 5. The number of nitrogens with one attached hydrogen (secondary N) is 3. The fourth-order valence-electron chi connectivity index (χ4n) is 2.83. The molecule has 1 saturated heterocycles. The zero-order chi connectivity index (χ0) is 20.3. The molecule has 0 aliphatic carbocycles. The van der Waals surface area contributed by atoms with Gasteiger partial charge in [-0.05, 0) is 49.0 Å². The van der Waals surface area contributed by atoms with E-state index < -0.39 is 17.5 Å². The molecule has 3 rings (SSSR count). The van der Waals surface area contributed by atoms with E-state index in [1.807, 2.05) is 0 Å². The molecule has 0 aromatic heterocycles. The van der Waals surface area contributed by atoms with Crippen LogP contribution in [0.2, 0.25) is 0 Å². The van der Waals surface area contributed by atoms with E-state index in [1.165, 1.54) is 7.11 Å². The van der Waals surface area contributed by atoms with Gasteiger partial charge in [-0.2, -0.15) is 5.01 Å². The second-order valence-corrected chi connectivity index (χ2v) is 6.63. The highest BCUT2D eigenvalue weighted by Gasteiger charge is 2.50. The van der Waals surface area contributed by atoms with E-state index >= 15 is 0 Å². The van der Waals surface area contributed by atoms with Crippen LogP contribution in [0.4, 0.5) is 10.5 Å². The molecule has 1 heterocycles. The molecule has 0 bridgehead atoms. The van der Waals surface area contributed by atoms with Gasteiger partial charge in [0.25, 0.3) is 5.91 Å². The van der Waals surface area contributed by atoms with Crippen molar-refractivity contribution in [3.63, 3.8) is 0 Å². The van der Waals surface area contributed by atoms with Crippen LogP contribution in [0.3, 0.4) is 0 Å². The third-order valence-electron chi connectivity index (χ3n) is 4.38. The van der Waals surface area contributed by atoms with E-state index in [-0.39, 0.29) is 5.11 Å². The summed E-state index contributed by atoms with van der Waals surface area (Å²) in [5, 5.41) is 6.56. The molecule has 9 heteroatoms. The summed E-state index contributed by atoms with van der Waals surface area (Å²) >= 11 is 5.23. The number of urea groups is 1. The molecule has 1 aliphatic rings. The Morgan fingerprint density at radius 1 is 1.07 bits per heavy atom. The Morgan fingerprint density at radius 3 is 2.39 bits per heavy atom. The molecule has 0 saturated carbocycles. The Bertz CT molecular complexity index is 936. The highest BCUT2D eigenvalue weighted by Crippen LogP contribution is 2.30. The van der Waals surface area contributed by atoms with Gasteiger partial charge < -0.3 is 20.1 Å². The molecule has 3 N–H and O–H groups in total. The van der Waals surface area contributed by atoms with Gasteiger partial charge in [0.1, 0.15) is 17.0 Å². The lowest BCUT2D eigenvalue weighted by atomic mass is 9.92. The highest BCUT2D eigenvalue weighted by atomic mass is 32.1. The van der Waals surface area contributed by atoms with E-state index in [2.05, 4.69) is 16.1 Å². The number of anilines is 1. The van der Waals surface area contributed by atoms with Crippen LogP contribution in [0.15, 0.2) is 48.5 Å². The first-order valence-electron chi connectivity index (χ1n) is 8.40. The average molecular weight is 400 g/mol. The van der Waals surface area contributed by atoms with Crippen molar-refractivity contribution in [2.24, 2.45) is 0 Å². The van der Waals surface area contributed by atoms with Gasteiger partial charge >= 0.3 is 6.03 Å². The van der Waals surface area contributed by atoms with Gasteiger partial charge in [-0.3, -0.25) is 10.2 Å². The van der Waals surface area contributed by atoms with E-state index in [0.29, 0.717) is 22.7 Å². The molecule has 146 valence electrons. The van der Waals surface area contributed by atoms with E-state index in [9.17, 15) is 9.59 Å². The zero-order valence-electron chi connectivity index (χ0n) is 15.6. The molecule has 3 amide bonds. The number of hydrogen-bond donors (Lipinski definition) is 3. The minimum atomic E-state index is -1.25. The van der Waals surface area contributed by atoms with Crippen LogP contribution >= 0.6 is 12.2 Å². The van der Waals surface area contributed by atoms with Crippen molar-refractivity contribution in [1.82, 2.24) is 15.8 Å². The summed E-state index contributed by atoms with van der Waals surface area (Å²) in [5.41, 5.74) is 2.64. The molecular formula is C19H20N4O4S. The number of ether oxygens (including phenoxy) is 2. The molecule has 28 heavy (non-hydrogen) atoms. The predicted molar refractivity (Wildman–Crippen MR) is 108 cm³/mol. The lowest BCUT2D eigenvalue weighted by Gasteiger charge is -2.23. The molecule has 1 aliphatic heterocycles. The van der Waals surface area contributed by atoms with Crippen LogP contribution in [-0.4, -0.2) is 36.3 Å². The van der Waals surface area contributed by atoms with Crippen LogP contribution in [0.5, 0.6) is 11.5 Å². The minimum Gasteiger partial charge on any atom is -0.497 e. The van der Waals surface area contributed by atoms with Gasteiger partial charge in [-0.1, -0.05) is 18.2 Å². The number of carbonyl (C=O) groups is 2. The summed E-state index contributed by atoms with van der Waals surface area (Å²) in [4.78, 5) is 25.4. The molecular weight excluding hydrogens is 380 g/mol. The molecule has 0 spiro atoms. The van der Waals surface area contributed by atoms with Gasteiger partial charge in [0.2, 0.25) is 0 Å². The van der Waals surface area contributed by atoms with Crippen molar-refractivity contribution >= 4 is 35.0 Å². The summed E-state index contributed by atoms with van der Waals surface area (Å²) in [5.74, 6) is 0.747. The summed E-state index contributed by atoms with van der Waals surface area (Å²) in [6, 6.07) is 13.5. The number of nitrogens with zero attached hydrogens (tertiary/aromatic N) is 1. The first-order chi connectivity index (χ1) is 13.4. The maximum Gasteiger partial charge on any atom is 0.344 e. The average Bonchev–Trinajstić information content (AvgIpc) is 2.92. The number of methoxy groups -OCH3 is 2. The van der Waals surface area contributed by atoms with Crippen molar-refractivity contribution in [2.75, 3.05) is 19.5 Å². The molecule has 8 nitrogen and oxygen atoms in total. The van der Waals surface area contributed by atoms with Crippen LogP contribution in [0.1, 0.15) is 12.5 Å². The molecule has 0 radical (unpaired) electrons. The van der Waals surface area contributed by atoms with Crippen LogP contribution in [-0.2, 0) is 10.3 Å². The monoisotopic (exact) mass is 400 g/mol. The minimum absolute atomic E-state index is 0.0895. The molecule has 1 unspecified atom stereocenters. The van der Waals surface area contributed by atoms with Crippen molar-refractivity contribution < 1.29 is 19.1 Å². The van der Waals surface area contributed by atoms with Crippen molar-refractivity contribution in [3.05, 3.63) is 54.1 Å². The summed E-state index contributed by atoms with van der Waals surface area (Å²) < 4.78 is 10.4. The van der Waals surface area contributed by atoms with Gasteiger partial charge in [0.15, 0.2) is 5.11 Å². The number of thiocarbonyl (C=S) groups is 1. The lowest BCUT2D eigenvalue weighted by molar-refractivity contribution is -0.132. The summed E-state index contributed by atoms with van der Waals surface area (Å²) in [6.07, 6.45) is 0. The third kappa shape index (κ3) is 3.70. The van der Waals surface area contributed by atoms with Crippen LogP contribution < -0.4 is 25.5 Å². The largest absolute Gasteiger partial charge is 0.497 e. The fraction of sp³-hybridized carbons (Fsp3) is 0.211. The highest BCUT2D eigenvalue weighted by molar-refractivity contribution is 7.80. The number of benzene rings is 2. The summed E-state index contributed by atoms with van der Waals surface area (Å²) in [7, 11) is 3.09. The number of amides is 3. The van der Waals surface area contributed by atoms with Crippen molar-refractivity contribution in [1.29, 1.82) is 0 Å². The molecule has 2 aromatic carbocycles. The number of hydrazine groups is 1. The normalized spacial score (nSPS) is 18.5. The number of imide groups is 1. The Labute approximate surface area is 167 Å². The van der Waals surface area contributed by atoms with Crippen LogP contribution in [0, 0.1) is 0 Å². The maximum atomic E-state index is 13.0. The van der Waals surface area contributed by atoms with E-state index in [4.69, 9.17) is 21.7 Å². The van der Waals surface area contributed by atoms with Gasteiger partial charge in [0, 0.05) is 11.8 Å². The summed E-state index contributed by atoms with van der Waals surface area (Å²) in [6.45, 7) is 1.63. The third-order valence-corrected chi connectivity index (χ3v) is 4.57. The van der Waals surface area contributed by atoms with Gasteiger partial charge in [-0.25, -0.2) is 4.79 Å².